The van der Waals surface area contributed by atoms with Crippen molar-refractivity contribution in [1.82, 2.24) is 19.8 Å². The molecule has 0 spiro atoms. The number of nitrogens with zero attached hydrogens (tertiary/aromatic N) is 5. The van der Waals surface area contributed by atoms with Crippen LogP contribution in [0.2, 0.25) is 0 Å². The molecular weight excluding hydrogens is 557 g/mol. The lowest BCUT2D eigenvalue weighted by Gasteiger charge is -2.34. The number of likely N-dealkylation sites (N-methyl/N-ethyl adjacent to an activating group) is 1. The predicted molar refractivity (Wildman–Crippen MR) is 152 cm³/mol. The summed E-state index contributed by atoms with van der Waals surface area (Å²) in [4.78, 5) is 29.3. The van der Waals surface area contributed by atoms with Crippen LogP contribution in [0.3, 0.4) is 0 Å². The van der Waals surface area contributed by atoms with Crippen molar-refractivity contribution in [1.29, 1.82) is 0 Å². The lowest BCUT2D eigenvalue weighted by molar-refractivity contribution is -0.137. The number of carbonyl (C=O) groups excluding carboxylic acids is 1. The number of aromatic nitrogens is 2. The fourth-order valence-corrected chi connectivity index (χ4v) is 8.46. The summed E-state index contributed by atoms with van der Waals surface area (Å²) in [6, 6.07) is 9.11. The number of piperazine rings is 1. The molecular formula is C28H29F3N6OS2. The fourth-order valence-electron chi connectivity index (χ4n) is 6.03. The average Bonchev–Trinajstić information content (AvgIpc) is 3.43. The van der Waals surface area contributed by atoms with Crippen LogP contribution in [0.4, 0.5) is 30.5 Å². The molecule has 2 bridgehead atoms. The molecule has 1 aromatic carbocycles. The molecule has 1 saturated carbocycles. The number of alkyl halides is 3. The largest absolute Gasteiger partial charge is 0.420 e. The highest BCUT2D eigenvalue weighted by Gasteiger charge is 2.42. The van der Waals surface area contributed by atoms with Gasteiger partial charge in [-0.3, -0.25) is 9.69 Å². The van der Waals surface area contributed by atoms with Crippen molar-refractivity contribution in [2.75, 3.05) is 49.7 Å². The normalized spacial score (nSPS) is 23.1. The Morgan fingerprint density at radius 2 is 1.93 bits per heavy atom. The van der Waals surface area contributed by atoms with Gasteiger partial charge in [-0.2, -0.15) is 13.2 Å². The Morgan fingerprint density at radius 1 is 1.10 bits per heavy atom. The second-order valence-corrected chi connectivity index (χ2v) is 13.3. The third kappa shape index (κ3) is 4.63. The van der Waals surface area contributed by atoms with E-state index in [1.165, 1.54) is 23.9 Å². The summed E-state index contributed by atoms with van der Waals surface area (Å²) in [5.74, 6) is 1.04. The summed E-state index contributed by atoms with van der Waals surface area (Å²) >= 11 is 2.54. The minimum atomic E-state index is -4.63. The summed E-state index contributed by atoms with van der Waals surface area (Å²) in [6.07, 6.45) is -0.420. The van der Waals surface area contributed by atoms with Gasteiger partial charge in [0.15, 0.2) is 0 Å². The van der Waals surface area contributed by atoms with Crippen LogP contribution in [0, 0.1) is 0 Å². The zero-order valence-electron chi connectivity index (χ0n) is 22.2. The maximum Gasteiger partial charge on any atom is 0.420 e. The molecule has 4 aliphatic rings. The Balaban J connectivity index is 1.22. The predicted octanol–water partition coefficient (Wildman–Crippen LogP) is 5.92. The van der Waals surface area contributed by atoms with Crippen LogP contribution in [-0.4, -0.2) is 77.2 Å². The summed E-state index contributed by atoms with van der Waals surface area (Å²) in [6.45, 7) is 2.68. The van der Waals surface area contributed by atoms with Gasteiger partial charge in [-0.25, -0.2) is 9.97 Å². The van der Waals surface area contributed by atoms with E-state index in [0.717, 1.165) is 54.7 Å². The first-order valence-corrected chi connectivity index (χ1v) is 15.3. The van der Waals surface area contributed by atoms with Crippen molar-refractivity contribution < 1.29 is 18.0 Å². The zero-order chi connectivity index (χ0) is 27.8. The highest BCUT2D eigenvalue weighted by molar-refractivity contribution is 7.99. The zero-order valence-corrected chi connectivity index (χ0v) is 23.8. The number of hydrogen-bond donors (Lipinski definition) is 1. The molecule has 3 fully saturated rings. The minimum absolute atomic E-state index is 0.110. The standard InChI is InChI=1S/C28H29F3N6OS2/c1-35-7-8-39-23-11-22(40-25(23)26(35)38)24-20(28(29,30)31)12-32-27(34-24)33-21-6-5-16(10-19(21)15-3-4-15)37-14-17-9-18(37)13-36(17)2/h5-6,10-12,15,17-18H,3-4,7-9,13-14H2,1-2H3,(H,32,33,34). The summed E-state index contributed by atoms with van der Waals surface area (Å²) in [5.41, 5.74) is 2.07. The molecule has 7 rings (SSSR count). The van der Waals surface area contributed by atoms with Gasteiger partial charge in [-0.05, 0) is 62.1 Å². The second kappa shape index (κ2) is 9.63. The molecule has 1 aliphatic carbocycles. The van der Waals surface area contributed by atoms with Crippen LogP contribution in [0.25, 0.3) is 10.6 Å². The van der Waals surface area contributed by atoms with Gasteiger partial charge in [-0.15, -0.1) is 23.1 Å². The molecule has 2 aromatic heterocycles. The first-order chi connectivity index (χ1) is 19.2. The maximum absolute atomic E-state index is 14.1. The Morgan fingerprint density at radius 3 is 2.62 bits per heavy atom. The second-order valence-electron chi connectivity index (χ2n) is 11.1. The first kappa shape index (κ1) is 26.1. The molecule has 3 aromatic rings. The third-order valence-electron chi connectivity index (χ3n) is 8.40. The van der Waals surface area contributed by atoms with Gasteiger partial charge in [0, 0.05) is 67.0 Å². The Bertz CT molecular complexity index is 1490. The van der Waals surface area contributed by atoms with E-state index in [2.05, 4.69) is 44.3 Å². The number of hydrogen-bond acceptors (Lipinski definition) is 8. The number of amides is 1. The van der Waals surface area contributed by atoms with Gasteiger partial charge in [0.2, 0.25) is 5.95 Å². The van der Waals surface area contributed by atoms with E-state index in [1.54, 1.807) is 18.0 Å². The molecule has 5 heterocycles. The number of nitrogens with one attached hydrogen (secondary N) is 1. The van der Waals surface area contributed by atoms with Gasteiger partial charge in [0.05, 0.1) is 10.6 Å². The van der Waals surface area contributed by atoms with Crippen molar-refractivity contribution in [2.24, 2.45) is 0 Å². The number of anilines is 3. The number of likely N-dealkylation sites (tertiary alicyclic amines) is 1. The van der Waals surface area contributed by atoms with Crippen LogP contribution in [-0.2, 0) is 6.18 Å². The van der Waals surface area contributed by atoms with Crippen molar-refractivity contribution in [3.63, 3.8) is 0 Å². The molecule has 40 heavy (non-hydrogen) atoms. The van der Waals surface area contributed by atoms with Crippen molar-refractivity contribution >= 4 is 46.3 Å². The SMILES string of the molecule is CN1CCSc2cc(-c3nc(Nc4ccc(N5CC6CC5CN6C)cc4C4CC4)ncc3C(F)(F)F)sc2C1=O. The van der Waals surface area contributed by atoms with Gasteiger partial charge >= 0.3 is 6.18 Å². The van der Waals surface area contributed by atoms with E-state index >= 15 is 0 Å². The van der Waals surface area contributed by atoms with Crippen LogP contribution < -0.4 is 10.2 Å². The van der Waals surface area contributed by atoms with Crippen LogP contribution in [0.5, 0.6) is 0 Å². The molecule has 210 valence electrons. The molecule has 1 N–H and O–H groups in total. The molecule has 12 heteroatoms. The number of thioether (sulfide) groups is 1. The smallest absolute Gasteiger partial charge is 0.366 e. The fraction of sp³-hybridized carbons (Fsp3) is 0.464. The highest BCUT2D eigenvalue weighted by atomic mass is 32.2. The Kier molecular flexibility index (Phi) is 6.28. The van der Waals surface area contributed by atoms with E-state index in [9.17, 15) is 18.0 Å². The molecule has 2 saturated heterocycles. The quantitative estimate of drug-likeness (QED) is 0.399. The van der Waals surface area contributed by atoms with Gasteiger partial charge < -0.3 is 15.1 Å². The number of carbonyl (C=O) groups is 1. The van der Waals surface area contributed by atoms with Crippen molar-refractivity contribution in [3.05, 3.63) is 46.5 Å². The molecule has 7 nitrogen and oxygen atoms in total. The molecule has 2 unspecified atom stereocenters. The summed E-state index contributed by atoms with van der Waals surface area (Å²) in [7, 11) is 3.89. The van der Waals surface area contributed by atoms with Gasteiger partial charge in [0.25, 0.3) is 5.91 Å². The van der Waals surface area contributed by atoms with E-state index in [-0.39, 0.29) is 17.5 Å². The van der Waals surface area contributed by atoms with Gasteiger partial charge in [0.1, 0.15) is 10.4 Å². The minimum Gasteiger partial charge on any atom is -0.366 e. The van der Waals surface area contributed by atoms with Crippen LogP contribution >= 0.6 is 23.1 Å². The topological polar surface area (TPSA) is 64.6 Å². The highest BCUT2D eigenvalue weighted by Crippen LogP contribution is 2.47. The van der Waals surface area contributed by atoms with E-state index < -0.39 is 11.7 Å². The van der Waals surface area contributed by atoms with E-state index in [1.807, 2.05) is 6.07 Å². The average molecular weight is 587 g/mol. The van der Waals surface area contributed by atoms with E-state index in [4.69, 9.17) is 0 Å². The molecule has 0 radical (unpaired) electrons. The summed E-state index contributed by atoms with van der Waals surface area (Å²) in [5, 5.41) is 3.24. The number of fused-ring (bicyclic) bond motifs is 3. The van der Waals surface area contributed by atoms with E-state index in [0.29, 0.717) is 44.9 Å². The Hall–Kier alpha value is -2.83. The van der Waals surface area contributed by atoms with Crippen molar-refractivity contribution in [3.8, 4) is 10.6 Å². The molecule has 2 atom stereocenters. The van der Waals surface area contributed by atoms with Crippen LogP contribution in [0.15, 0.2) is 35.4 Å². The monoisotopic (exact) mass is 586 g/mol. The van der Waals surface area contributed by atoms with Gasteiger partial charge in [-0.1, -0.05) is 0 Å². The lowest BCUT2D eigenvalue weighted by Crippen LogP contribution is -2.44. The lowest BCUT2D eigenvalue weighted by atomic mass is 10.1. The molecule has 3 aliphatic heterocycles. The Labute approximate surface area is 238 Å². The maximum atomic E-state index is 14.1. The van der Waals surface area contributed by atoms with Crippen molar-refractivity contribution in [2.45, 2.75) is 48.3 Å². The van der Waals surface area contributed by atoms with Crippen LogP contribution in [0.1, 0.15) is 46.0 Å². The summed E-state index contributed by atoms with van der Waals surface area (Å²) < 4.78 is 42.2. The number of thiophene rings is 1. The first-order valence-electron chi connectivity index (χ1n) is 13.5. The number of benzene rings is 1. The third-order valence-corrected chi connectivity index (χ3v) is 10.7. The molecule has 1 amide bonds. The number of halogens is 3. The number of rotatable bonds is 5.